The summed E-state index contributed by atoms with van der Waals surface area (Å²) in [5, 5.41) is 3.31. The van der Waals surface area contributed by atoms with E-state index in [-0.39, 0.29) is 24.9 Å². The average Bonchev–Trinajstić information content (AvgIpc) is 2.60. The summed E-state index contributed by atoms with van der Waals surface area (Å²) in [6.07, 6.45) is 0.187. The van der Waals surface area contributed by atoms with Gasteiger partial charge in [-0.1, -0.05) is 53.6 Å². The minimum absolute atomic E-state index is 0.123. The van der Waals surface area contributed by atoms with Crippen LogP contribution in [-0.2, 0) is 20.9 Å². The first-order chi connectivity index (χ1) is 12.4. The second kappa shape index (κ2) is 7.75. The second-order valence-corrected chi connectivity index (χ2v) is 6.90. The van der Waals surface area contributed by atoms with Crippen LogP contribution < -0.4 is 5.32 Å². The maximum absolute atomic E-state index is 12.8. The van der Waals surface area contributed by atoms with Crippen LogP contribution in [0.25, 0.3) is 0 Å². The topological polar surface area (TPSA) is 55.4 Å². The minimum Gasteiger partial charge on any atom is -0.457 e. The van der Waals surface area contributed by atoms with E-state index in [1.807, 2.05) is 43.3 Å². The van der Waals surface area contributed by atoms with Crippen LogP contribution in [0.2, 0.25) is 5.02 Å². The predicted molar refractivity (Wildman–Crippen MR) is 101 cm³/mol. The highest BCUT2D eigenvalue weighted by Gasteiger charge is 2.32. The number of hydrogen-bond acceptors (Lipinski definition) is 3. The Morgan fingerprint density at radius 2 is 1.92 bits per heavy atom. The van der Waals surface area contributed by atoms with Crippen molar-refractivity contribution in [2.45, 2.75) is 32.8 Å². The van der Waals surface area contributed by atoms with Crippen molar-refractivity contribution in [2.24, 2.45) is 0 Å². The fraction of sp³-hybridized carbons (Fsp3) is 0.238. The molecule has 0 aromatic heterocycles. The summed E-state index contributed by atoms with van der Waals surface area (Å²) in [6.45, 7) is 3.91. The molecule has 0 saturated carbocycles. The van der Waals surface area contributed by atoms with Gasteiger partial charge < -0.3 is 10.1 Å². The lowest BCUT2D eigenvalue weighted by molar-refractivity contribution is -0.141. The van der Waals surface area contributed by atoms with Crippen LogP contribution in [0.5, 0.6) is 0 Å². The lowest BCUT2D eigenvalue weighted by Crippen LogP contribution is -2.34. The van der Waals surface area contributed by atoms with Gasteiger partial charge in [0, 0.05) is 23.1 Å². The lowest BCUT2D eigenvalue weighted by Gasteiger charge is -2.26. The number of ether oxygens (including phenoxy) is 1. The number of esters is 1. The first-order valence-electron chi connectivity index (χ1n) is 8.43. The molecule has 26 heavy (non-hydrogen) atoms. The molecule has 2 aromatic carbocycles. The highest BCUT2D eigenvalue weighted by Crippen LogP contribution is 2.34. The van der Waals surface area contributed by atoms with Crippen molar-refractivity contribution in [3.05, 3.63) is 81.5 Å². The molecule has 0 unspecified atom stereocenters. The molecule has 0 radical (unpaired) electrons. The highest BCUT2D eigenvalue weighted by atomic mass is 35.5. The van der Waals surface area contributed by atoms with Gasteiger partial charge in [-0.15, -0.1) is 0 Å². The smallest absolute Gasteiger partial charge is 0.336 e. The Kier molecular flexibility index (Phi) is 5.43. The molecule has 0 fully saturated rings. The van der Waals surface area contributed by atoms with Gasteiger partial charge in [0.2, 0.25) is 5.91 Å². The standard InChI is InChI=1S/C21H20ClNO3/c1-13-6-8-15(9-7-13)12-26-21(25)20-14(2)23-19(24)11-18(20)16-4-3-5-17(22)10-16/h3-10,18H,11-12H2,1-2H3,(H,23,24)/t18-/m0/s1. The number of benzene rings is 2. The van der Waals surface area contributed by atoms with Crippen molar-refractivity contribution in [2.75, 3.05) is 0 Å². The third kappa shape index (κ3) is 4.14. The zero-order valence-corrected chi connectivity index (χ0v) is 15.5. The number of aryl methyl sites for hydroxylation is 1. The summed E-state index contributed by atoms with van der Waals surface area (Å²) in [7, 11) is 0. The van der Waals surface area contributed by atoms with Gasteiger partial charge in [0.25, 0.3) is 0 Å². The van der Waals surface area contributed by atoms with Crippen molar-refractivity contribution in [3.63, 3.8) is 0 Å². The Morgan fingerprint density at radius 1 is 1.19 bits per heavy atom. The van der Waals surface area contributed by atoms with E-state index >= 15 is 0 Å². The number of rotatable bonds is 4. The van der Waals surface area contributed by atoms with Crippen LogP contribution in [0.4, 0.5) is 0 Å². The van der Waals surface area contributed by atoms with Crippen molar-refractivity contribution in [3.8, 4) is 0 Å². The number of halogens is 1. The summed E-state index contributed by atoms with van der Waals surface area (Å²) in [6, 6.07) is 15.0. The molecular weight excluding hydrogens is 350 g/mol. The van der Waals surface area contributed by atoms with Gasteiger partial charge in [-0.2, -0.15) is 0 Å². The van der Waals surface area contributed by atoms with Crippen molar-refractivity contribution >= 4 is 23.5 Å². The van der Waals surface area contributed by atoms with Crippen molar-refractivity contribution in [1.82, 2.24) is 5.32 Å². The largest absolute Gasteiger partial charge is 0.457 e. The summed E-state index contributed by atoms with van der Waals surface area (Å²) in [4.78, 5) is 24.8. The molecule has 0 bridgehead atoms. The molecule has 5 heteroatoms. The molecule has 4 nitrogen and oxygen atoms in total. The first kappa shape index (κ1) is 18.2. The number of allylic oxidation sites excluding steroid dienone is 1. The molecule has 1 aliphatic rings. The van der Waals surface area contributed by atoms with Gasteiger partial charge >= 0.3 is 5.97 Å². The number of hydrogen-bond donors (Lipinski definition) is 1. The summed E-state index contributed by atoms with van der Waals surface area (Å²) >= 11 is 6.09. The molecule has 3 rings (SSSR count). The molecule has 1 heterocycles. The van der Waals surface area contributed by atoms with E-state index in [1.54, 1.807) is 19.1 Å². The second-order valence-electron chi connectivity index (χ2n) is 6.46. The van der Waals surface area contributed by atoms with Crippen LogP contribution in [0, 0.1) is 6.92 Å². The van der Waals surface area contributed by atoms with Gasteiger partial charge in [0.05, 0.1) is 5.57 Å². The molecule has 0 aliphatic carbocycles. The molecule has 1 aliphatic heterocycles. The van der Waals surface area contributed by atoms with Crippen LogP contribution in [0.15, 0.2) is 59.8 Å². The van der Waals surface area contributed by atoms with E-state index in [0.29, 0.717) is 16.3 Å². The predicted octanol–water partition coefficient (Wildman–Crippen LogP) is 4.27. The Morgan fingerprint density at radius 3 is 2.62 bits per heavy atom. The van der Waals surface area contributed by atoms with Crippen LogP contribution >= 0.6 is 11.6 Å². The zero-order chi connectivity index (χ0) is 18.7. The molecule has 2 aromatic rings. The summed E-state index contributed by atoms with van der Waals surface area (Å²) in [5.74, 6) is -0.913. The molecule has 0 saturated heterocycles. The van der Waals surface area contributed by atoms with E-state index in [2.05, 4.69) is 5.32 Å². The van der Waals surface area contributed by atoms with Gasteiger partial charge in [-0.3, -0.25) is 4.79 Å². The molecule has 1 N–H and O–H groups in total. The van der Waals surface area contributed by atoms with E-state index in [4.69, 9.17) is 16.3 Å². The third-order valence-corrected chi connectivity index (χ3v) is 4.67. The molecule has 1 atom stereocenters. The molecule has 0 spiro atoms. The monoisotopic (exact) mass is 369 g/mol. The van der Waals surface area contributed by atoms with Gasteiger partial charge in [0.15, 0.2) is 0 Å². The molecular formula is C21H20ClNO3. The van der Waals surface area contributed by atoms with Crippen molar-refractivity contribution < 1.29 is 14.3 Å². The van der Waals surface area contributed by atoms with Gasteiger partial charge in [-0.25, -0.2) is 4.79 Å². The van der Waals surface area contributed by atoms with E-state index in [9.17, 15) is 9.59 Å². The molecule has 134 valence electrons. The maximum Gasteiger partial charge on any atom is 0.336 e. The Labute approximate surface area is 157 Å². The zero-order valence-electron chi connectivity index (χ0n) is 14.7. The number of carbonyl (C=O) groups is 2. The fourth-order valence-electron chi connectivity index (χ4n) is 3.09. The Balaban J connectivity index is 1.83. The van der Waals surface area contributed by atoms with E-state index in [0.717, 1.165) is 16.7 Å². The Hall–Kier alpha value is -2.59. The van der Waals surface area contributed by atoms with E-state index in [1.165, 1.54) is 0 Å². The van der Waals surface area contributed by atoms with Crippen molar-refractivity contribution in [1.29, 1.82) is 0 Å². The van der Waals surface area contributed by atoms with Crippen LogP contribution in [0.1, 0.15) is 36.0 Å². The lowest BCUT2D eigenvalue weighted by atomic mass is 9.84. The third-order valence-electron chi connectivity index (χ3n) is 4.43. The number of nitrogens with one attached hydrogen (secondary N) is 1. The normalized spacial score (nSPS) is 17.0. The molecule has 1 amide bonds. The number of amides is 1. The SMILES string of the molecule is CC1=C(C(=O)OCc2ccc(C)cc2)[C@H](c2cccc(Cl)c2)CC(=O)N1. The van der Waals surface area contributed by atoms with Gasteiger partial charge in [-0.05, 0) is 37.1 Å². The highest BCUT2D eigenvalue weighted by molar-refractivity contribution is 6.30. The van der Waals surface area contributed by atoms with Crippen LogP contribution in [0.3, 0.4) is 0 Å². The number of carbonyl (C=O) groups excluding carboxylic acids is 2. The summed E-state index contributed by atoms with van der Waals surface area (Å²) < 4.78 is 5.51. The maximum atomic E-state index is 12.8. The average molecular weight is 370 g/mol. The van der Waals surface area contributed by atoms with E-state index < -0.39 is 5.97 Å². The minimum atomic E-state index is -0.423. The fourth-order valence-corrected chi connectivity index (χ4v) is 3.29. The first-order valence-corrected chi connectivity index (χ1v) is 8.80. The Bertz CT molecular complexity index is 871. The quantitative estimate of drug-likeness (QED) is 0.819. The summed E-state index contributed by atoms with van der Waals surface area (Å²) in [5.41, 5.74) is 3.89. The van der Waals surface area contributed by atoms with Crippen LogP contribution in [-0.4, -0.2) is 11.9 Å². The van der Waals surface area contributed by atoms with Gasteiger partial charge in [0.1, 0.15) is 6.61 Å².